The molecule has 1 heterocycles. The number of amides is 1. The lowest BCUT2D eigenvalue weighted by atomic mass is 10.0. The fourth-order valence-corrected chi connectivity index (χ4v) is 2.12. The van der Waals surface area contributed by atoms with E-state index in [4.69, 9.17) is 23.1 Å². The number of aliphatic imine (C=N–C) groups is 1. The third-order valence-corrected chi connectivity index (χ3v) is 3.06. The van der Waals surface area contributed by atoms with Gasteiger partial charge in [-0.1, -0.05) is 23.7 Å². The highest BCUT2D eigenvalue weighted by Gasteiger charge is 2.19. The van der Waals surface area contributed by atoms with E-state index in [1.807, 2.05) is 0 Å². The summed E-state index contributed by atoms with van der Waals surface area (Å²) in [5.74, 6) is -0.583. The van der Waals surface area contributed by atoms with Crippen molar-refractivity contribution in [3.05, 3.63) is 40.4 Å². The highest BCUT2D eigenvalue weighted by atomic mass is 35.5. The summed E-state index contributed by atoms with van der Waals surface area (Å²) < 4.78 is 0. The highest BCUT2D eigenvalue weighted by molar-refractivity contribution is 6.31. The number of hydrogen-bond donors (Lipinski definition) is 3. The van der Waals surface area contributed by atoms with Crippen LogP contribution in [0.25, 0.3) is 5.70 Å². The van der Waals surface area contributed by atoms with Gasteiger partial charge in [0.1, 0.15) is 0 Å². The molecule has 0 atom stereocenters. The maximum atomic E-state index is 11.6. The van der Waals surface area contributed by atoms with Gasteiger partial charge in [-0.3, -0.25) is 9.79 Å². The van der Waals surface area contributed by atoms with E-state index in [1.165, 1.54) is 0 Å². The van der Waals surface area contributed by atoms with Crippen LogP contribution in [0.4, 0.5) is 0 Å². The van der Waals surface area contributed by atoms with E-state index in [-0.39, 0.29) is 5.57 Å². The van der Waals surface area contributed by atoms with Crippen molar-refractivity contribution in [2.45, 2.75) is 0 Å². The minimum Gasteiger partial charge on any atom is -0.398 e. The second-order valence-corrected chi connectivity index (χ2v) is 4.60. The summed E-state index contributed by atoms with van der Waals surface area (Å²) in [5, 5.41) is 3.68. The molecule has 2 rings (SSSR count). The van der Waals surface area contributed by atoms with Crippen molar-refractivity contribution in [2.75, 3.05) is 19.6 Å². The van der Waals surface area contributed by atoms with E-state index >= 15 is 0 Å². The summed E-state index contributed by atoms with van der Waals surface area (Å²) >= 11 is 5.92. The van der Waals surface area contributed by atoms with Gasteiger partial charge in [0.25, 0.3) is 5.91 Å². The van der Waals surface area contributed by atoms with Crippen LogP contribution in [-0.2, 0) is 4.79 Å². The molecule has 0 aliphatic carbocycles. The van der Waals surface area contributed by atoms with Gasteiger partial charge in [0.2, 0.25) is 0 Å². The Morgan fingerprint density at radius 2 is 2.16 bits per heavy atom. The van der Waals surface area contributed by atoms with Crippen molar-refractivity contribution < 1.29 is 4.79 Å². The van der Waals surface area contributed by atoms with Gasteiger partial charge in [-0.25, -0.2) is 0 Å². The Hall–Kier alpha value is -1.85. The molecule has 0 unspecified atom stereocenters. The lowest BCUT2D eigenvalue weighted by molar-refractivity contribution is -0.114. The van der Waals surface area contributed by atoms with E-state index in [0.29, 0.717) is 35.1 Å². The van der Waals surface area contributed by atoms with Gasteiger partial charge in [0, 0.05) is 18.1 Å². The topological polar surface area (TPSA) is 93.5 Å². The molecule has 5 nitrogen and oxygen atoms in total. The molecule has 1 aliphatic heterocycles. The number of rotatable bonds is 3. The summed E-state index contributed by atoms with van der Waals surface area (Å²) in [7, 11) is 0. The Bertz CT molecular complexity index is 566. The molecule has 1 amide bonds. The van der Waals surface area contributed by atoms with E-state index in [2.05, 4.69) is 10.3 Å². The summed E-state index contributed by atoms with van der Waals surface area (Å²) in [6, 6.07) is 6.98. The average molecular weight is 279 g/mol. The van der Waals surface area contributed by atoms with Gasteiger partial charge < -0.3 is 16.8 Å². The second kappa shape index (κ2) is 5.86. The number of benzene rings is 1. The highest BCUT2D eigenvalue weighted by Crippen LogP contribution is 2.19. The number of hydrogen-bond acceptors (Lipinski definition) is 4. The quantitative estimate of drug-likeness (QED) is 0.705. The predicted molar refractivity (Wildman–Crippen MR) is 76.9 cm³/mol. The standard InChI is InChI=1S/C13H15ClN4O/c14-9-3-1-2-8(6-9)12(15)11(13(16)19)10-7-17-4-5-18-10/h1-3,6,17H,4-5,7,15H2,(H2,16,19). The molecule has 1 aliphatic rings. The number of nitrogens with zero attached hydrogens (tertiary/aromatic N) is 1. The molecule has 100 valence electrons. The molecule has 0 bridgehead atoms. The molecule has 1 aromatic carbocycles. The zero-order valence-electron chi connectivity index (χ0n) is 10.3. The van der Waals surface area contributed by atoms with Crippen LogP contribution in [-0.4, -0.2) is 31.3 Å². The second-order valence-electron chi connectivity index (χ2n) is 4.17. The zero-order chi connectivity index (χ0) is 13.8. The van der Waals surface area contributed by atoms with Crippen LogP contribution in [0.2, 0.25) is 5.02 Å². The number of primary amides is 1. The minimum atomic E-state index is -0.583. The van der Waals surface area contributed by atoms with Gasteiger partial charge in [0.15, 0.2) is 0 Å². The molecule has 1 aromatic rings. The maximum Gasteiger partial charge on any atom is 0.252 e. The Kier molecular flexibility index (Phi) is 4.19. The molecule has 0 fully saturated rings. The Morgan fingerprint density at radius 3 is 2.74 bits per heavy atom. The van der Waals surface area contributed by atoms with Crippen LogP contribution in [0.15, 0.2) is 34.8 Å². The summed E-state index contributed by atoms with van der Waals surface area (Å²) in [5.41, 5.74) is 13.3. The lowest BCUT2D eigenvalue weighted by Crippen LogP contribution is -2.36. The van der Waals surface area contributed by atoms with Crippen molar-refractivity contribution >= 4 is 28.9 Å². The first-order chi connectivity index (χ1) is 9.09. The van der Waals surface area contributed by atoms with Gasteiger partial charge >= 0.3 is 0 Å². The first kappa shape index (κ1) is 13.6. The van der Waals surface area contributed by atoms with Crippen molar-refractivity contribution in [2.24, 2.45) is 16.5 Å². The summed E-state index contributed by atoms with van der Waals surface area (Å²) in [6.45, 7) is 1.88. The molecular formula is C13H15ClN4O. The zero-order valence-corrected chi connectivity index (χ0v) is 11.1. The van der Waals surface area contributed by atoms with E-state index in [9.17, 15) is 4.79 Å². The first-order valence-electron chi connectivity index (χ1n) is 5.89. The maximum absolute atomic E-state index is 11.6. The normalized spacial score (nSPS) is 16.6. The monoisotopic (exact) mass is 278 g/mol. The SMILES string of the molecule is NC(=O)C(C1=NCCNC1)=C(N)c1cccc(Cl)c1. The molecule has 0 aromatic heterocycles. The fourth-order valence-electron chi connectivity index (χ4n) is 1.93. The first-order valence-corrected chi connectivity index (χ1v) is 6.27. The number of carbonyl (C=O) groups is 1. The number of halogens is 1. The largest absolute Gasteiger partial charge is 0.398 e. The van der Waals surface area contributed by atoms with Crippen molar-refractivity contribution in [3.63, 3.8) is 0 Å². The number of carbonyl (C=O) groups excluding carboxylic acids is 1. The molecular weight excluding hydrogens is 264 g/mol. The fraction of sp³-hybridized carbons (Fsp3) is 0.231. The Labute approximate surface area is 116 Å². The molecule has 6 heteroatoms. The third kappa shape index (κ3) is 3.13. The van der Waals surface area contributed by atoms with Crippen LogP contribution in [0.1, 0.15) is 5.56 Å². The molecule has 19 heavy (non-hydrogen) atoms. The molecule has 0 radical (unpaired) electrons. The summed E-state index contributed by atoms with van der Waals surface area (Å²) in [6.07, 6.45) is 0. The Balaban J connectivity index is 2.49. The van der Waals surface area contributed by atoms with Crippen LogP contribution in [0, 0.1) is 0 Å². The predicted octanol–water partition coefficient (Wildman–Crippen LogP) is 0.539. The average Bonchev–Trinajstić information content (AvgIpc) is 2.39. The van der Waals surface area contributed by atoms with Crippen molar-refractivity contribution in [3.8, 4) is 0 Å². The van der Waals surface area contributed by atoms with Crippen LogP contribution in [0.5, 0.6) is 0 Å². The van der Waals surface area contributed by atoms with Crippen LogP contribution >= 0.6 is 11.6 Å². The van der Waals surface area contributed by atoms with E-state index in [1.54, 1.807) is 24.3 Å². The van der Waals surface area contributed by atoms with Crippen LogP contribution in [0.3, 0.4) is 0 Å². The molecule has 0 saturated carbocycles. The summed E-state index contributed by atoms with van der Waals surface area (Å²) in [4.78, 5) is 15.9. The Morgan fingerprint density at radius 1 is 1.37 bits per heavy atom. The van der Waals surface area contributed by atoms with Gasteiger partial charge in [-0.15, -0.1) is 0 Å². The molecule has 5 N–H and O–H groups in total. The molecule has 0 spiro atoms. The minimum absolute atomic E-state index is 0.259. The van der Waals surface area contributed by atoms with E-state index in [0.717, 1.165) is 6.54 Å². The molecule has 0 saturated heterocycles. The van der Waals surface area contributed by atoms with Gasteiger partial charge in [-0.2, -0.15) is 0 Å². The smallest absolute Gasteiger partial charge is 0.252 e. The van der Waals surface area contributed by atoms with Crippen molar-refractivity contribution in [1.82, 2.24) is 5.32 Å². The third-order valence-electron chi connectivity index (χ3n) is 2.82. The van der Waals surface area contributed by atoms with Gasteiger partial charge in [-0.05, 0) is 17.7 Å². The van der Waals surface area contributed by atoms with Gasteiger partial charge in [0.05, 0.1) is 23.5 Å². The lowest BCUT2D eigenvalue weighted by Gasteiger charge is -2.16. The number of nitrogens with one attached hydrogen (secondary N) is 1. The van der Waals surface area contributed by atoms with Crippen LogP contribution < -0.4 is 16.8 Å². The van der Waals surface area contributed by atoms with E-state index < -0.39 is 5.91 Å². The number of nitrogens with two attached hydrogens (primary N) is 2. The van der Waals surface area contributed by atoms with Crippen molar-refractivity contribution in [1.29, 1.82) is 0 Å².